The Labute approximate surface area is 708 Å². The predicted octanol–water partition coefficient (Wildman–Crippen LogP) is 27.4. The zero-order chi connectivity index (χ0) is 83.2. The lowest BCUT2D eigenvalue weighted by atomic mass is 9.92. The second-order valence-corrected chi connectivity index (χ2v) is 34.5. The van der Waals surface area contributed by atoms with E-state index in [4.69, 9.17) is 42.8 Å². The molecule has 592 valence electrons. The van der Waals surface area contributed by atoms with Crippen molar-refractivity contribution in [1.29, 1.82) is 5.26 Å². The number of hydrogen-bond donors (Lipinski definition) is 0. The Hall–Kier alpha value is -14.5. The maximum absolute atomic E-state index is 14.7. The number of para-hydroxylation sites is 6. The molecule has 0 saturated carbocycles. The number of amides is 4. The molecule has 4 aliphatic heterocycles. The van der Waals surface area contributed by atoms with Gasteiger partial charge in [-0.05, 0) is 187 Å². The molecule has 0 spiro atoms. The number of nitriles is 1. The Morgan fingerprint density at radius 2 is 0.574 bits per heavy atom. The first kappa shape index (κ1) is 77.5. The van der Waals surface area contributed by atoms with Crippen LogP contribution in [0.25, 0.3) is 70.2 Å². The van der Waals surface area contributed by atoms with E-state index < -0.39 is 34.1 Å². The van der Waals surface area contributed by atoms with E-state index in [2.05, 4.69) is 62.9 Å². The van der Waals surface area contributed by atoms with E-state index in [1.807, 2.05) is 206 Å². The quantitative estimate of drug-likeness (QED) is 0.0658. The molecular formula is C100H70N6O12P4. The number of carbonyl (C=O) groups is 4. The van der Waals surface area contributed by atoms with Crippen LogP contribution in [-0.4, -0.2) is 23.6 Å². The highest BCUT2D eigenvalue weighted by Crippen LogP contribution is 2.62. The highest BCUT2D eigenvalue weighted by molar-refractivity contribution is 7.52. The van der Waals surface area contributed by atoms with E-state index in [1.54, 1.807) is 119 Å². The Morgan fingerprint density at radius 1 is 0.311 bits per heavy atom. The van der Waals surface area contributed by atoms with E-state index in [1.165, 1.54) is 9.34 Å². The topological polar surface area (TPSA) is 183 Å². The Balaban J connectivity index is 0.000000161. The van der Waals surface area contributed by atoms with Crippen LogP contribution in [0.15, 0.2) is 340 Å². The normalized spacial score (nSPS) is 15.8. The van der Waals surface area contributed by atoms with Crippen molar-refractivity contribution in [3.8, 4) is 74.3 Å². The first-order valence-electron chi connectivity index (χ1n) is 39.4. The molecule has 0 aromatic heterocycles. The summed E-state index contributed by atoms with van der Waals surface area (Å²) in [4.78, 5) is 61.5. The molecule has 4 atom stereocenters. The third-order valence-electron chi connectivity index (χ3n) is 21.4. The van der Waals surface area contributed by atoms with E-state index in [0.29, 0.717) is 102 Å². The molecule has 20 rings (SSSR count). The van der Waals surface area contributed by atoms with Crippen molar-refractivity contribution in [2.24, 2.45) is 0 Å². The lowest BCUT2D eigenvalue weighted by Gasteiger charge is -2.36. The molecule has 0 fully saturated rings. The largest absolute Gasteiger partial charge is 0.424 e. The first-order chi connectivity index (χ1) is 59.7. The predicted molar refractivity (Wildman–Crippen MR) is 484 cm³/mol. The molecule has 0 bridgehead atoms. The summed E-state index contributed by atoms with van der Waals surface area (Å²) < 4.78 is 61.3. The third kappa shape index (κ3) is 14.3. The fourth-order valence-corrected chi connectivity index (χ4v) is 21.3. The SMILES string of the molecule is CC(C)c1ccccc1N1C(=O)c2ccccc2OP1Oc1ccc2ccccc2c1-c1c(OP2Oc3ccccc3C(=O)N2c2ccccc2C(C)C)ccc2ccccc12.[C-]#[N+]c1ccc(N2C(=O)c3ccccc3OP2Oc2ccc3ccccc3c2-c2c(OP3Oc4ccccc4C(=O)N3c3ccc(C#N)cc3)ccc3ccccc23)cc1. The average molecular weight is 1670 g/mol. The van der Waals surface area contributed by atoms with Crippen LogP contribution in [0.4, 0.5) is 28.4 Å². The van der Waals surface area contributed by atoms with E-state index in [-0.39, 0.29) is 35.5 Å². The van der Waals surface area contributed by atoms with E-state index in [0.717, 1.165) is 76.7 Å². The van der Waals surface area contributed by atoms with Crippen LogP contribution in [0, 0.1) is 17.9 Å². The van der Waals surface area contributed by atoms with Crippen molar-refractivity contribution < 1.29 is 55.4 Å². The number of anilines is 4. The van der Waals surface area contributed by atoms with Gasteiger partial charge in [0.15, 0.2) is 5.69 Å². The van der Waals surface area contributed by atoms with Gasteiger partial charge >= 0.3 is 34.1 Å². The minimum atomic E-state index is -2.17. The molecule has 0 N–H and O–H groups in total. The molecule has 16 aromatic rings. The Bertz CT molecular complexity index is 6570. The summed E-state index contributed by atoms with van der Waals surface area (Å²) in [5, 5.41) is 16.8. The Kier molecular flexibility index (Phi) is 21.0. The van der Waals surface area contributed by atoms with Gasteiger partial charge in [0.1, 0.15) is 46.0 Å². The minimum absolute atomic E-state index is 0.120. The molecule has 4 unspecified atom stereocenters. The Morgan fingerprint density at radius 3 is 0.877 bits per heavy atom. The number of rotatable bonds is 16. The number of benzene rings is 16. The fraction of sp³-hybridized carbons (Fsp3) is 0.0600. The number of fused-ring (bicyclic) bond motifs is 8. The average Bonchev–Trinajstić information content (AvgIpc) is 0.744. The van der Waals surface area contributed by atoms with Gasteiger partial charge in [-0.25, -0.2) is 23.5 Å². The second kappa shape index (κ2) is 33.0. The van der Waals surface area contributed by atoms with Gasteiger partial charge in [-0.15, -0.1) is 0 Å². The fourth-order valence-electron chi connectivity index (χ4n) is 15.6. The van der Waals surface area contributed by atoms with Crippen LogP contribution in [0.1, 0.15) is 97.7 Å². The second-order valence-electron chi connectivity index (χ2n) is 29.5. The maximum atomic E-state index is 14.7. The molecule has 16 aromatic carbocycles. The highest BCUT2D eigenvalue weighted by Gasteiger charge is 2.46. The van der Waals surface area contributed by atoms with Crippen molar-refractivity contribution in [3.05, 3.63) is 390 Å². The number of carbonyl (C=O) groups excluding carboxylic acids is 4. The molecule has 4 amide bonds. The summed E-state index contributed by atoms with van der Waals surface area (Å²) in [5.41, 5.74) is 9.88. The van der Waals surface area contributed by atoms with Gasteiger partial charge in [-0.1, -0.05) is 246 Å². The van der Waals surface area contributed by atoms with Crippen LogP contribution in [0.3, 0.4) is 0 Å². The minimum Gasteiger partial charge on any atom is -0.422 e. The van der Waals surface area contributed by atoms with Crippen molar-refractivity contribution in [1.82, 2.24) is 0 Å². The first-order valence-corrected chi connectivity index (χ1v) is 43.9. The van der Waals surface area contributed by atoms with Crippen molar-refractivity contribution in [3.63, 3.8) is 0 Å². The summed E-state index contributed by atoms with van der Waals surface area (Å²) in [5.74, 6) is 2.75. The van der Waals surface area contributed by atoms with Crippen LogP contribution in [-0.2, 0) is 0 Å². The summed E-state index contributed by atoms with van der Waals surface area (Å²) >= 11 is 0. The molecular weight excluding hydrogens is 1600 g/mol. The number of nitrogens with zero attached hydrogens (tertiary/aromatic N) is 6. The van der Waals surface area contributed by atoms with Crippen LogP contribution in [0.5, 0.6) is 46.0 Å². The van der Waals surface area contributed by atoms with E-state index in [9.17, 15) is 24.4 Å². The van der Waals surface area contributed by atoms with Crippen molar-refractivity contribution >= 4 is 129 Å². The van der Waals surface area contributed by atoms with Gasteiger partial charge in [0.2, 0.25) is 0 Å². The molecule has 0 saturated heterocycles. The monoisotopic (exact) mass is 1670 g/mol. The van der Waals surface area contributed by atoms with Gasteiger partial charge in [0.25, 0.3) is 23.6 Å². The summed E-state index contributed by atoms with van der Waals surface area (Å²) in [6.45, 7) is 15.9. The van der Waals surface area contributed by atoms with Crippen LogP contribution < -0.4 is 54.9 Å². The summed E-state index contributed by atoms with van der Waals surface area (Å²) in [6, 6.07) is 108. The van der Waals surface area contributed by atoms with Gasteiger partial charge in [-0.3, -0.25) is 19.2 Å². The maximum Gasteiger partial charge on any atom is 0.424 e. The smallest absolute Gasteiger partial charge is 0.422 e. The molecule has 122 heavy (non-hydrogen) atoms. The molecule has 18 nitrogen and oxygen atoms in total. The summed E-state index contributed by atoms with van der Waals surface area (Å²) in [7, 11) is -8.53. The van der Waals surface area contributed by atoms with Gasteiger partial charge in [0.05, 0.1) is 63.2 Å². The molecule has 4 heterocycles. The van der Waals surface area contributed by atoms with Gasteiger partial charge in [-0.2, -0.15) is 5.26 Å². The highest BCUT2D eigenvalue weighted by atomic mass is 31.2. The van der Waals surface area contributed by atoms with Crippen molar-refractivity contribution in [2.45, 2.75) is 39.5 Å². The molecule has 0 aliphatic carbocycles. The summed E-state index contributed by atoms with van der Waals surface area (Å²) in [6.07, 6.45) is 0. The van der Waals surface area contributed by atoms with Gasteiger partial charge < -0.3 is 36.2 Å². The van der Waals surface area contributed by atoms with E-state index >= 15 is 0 Å². The molecule has 22 heteroatoms. The number of hydrogen-bond acceptors (Lipinski definition) is 13. The molecule has 0 radical (unpaired) electrons. The van der Waals surface area contributed by atoms with Crippen LogP contribution in [0.2, 0.25) is 0 Å². The third-order valence-corrected chi connectivity index (χ3v) is 27.2. The zero-order valence-corrected chi connectivity index (χ0v) is 69.4. The van der Waals surface area contributed by atoms with Gasteiger partial charge in [0, 0.05) is 22.3 Å². The van der Waals surface area contributed by atoms with Crippen molar-refractivity contribution in [2.75, 3.05) is 18.7 Å². The standard InChI is InChI=1S/C52H42N2O6P2.C48H28N4O6P2/c1-33(2)37-19-9-13-25-43(37)53-51(55)41-23-11-15-27-45(41)57-61(53)59-47-31-29-35-17-5-7-21-39(35)49(47)50-40-22-8-6-18-36(40)30-32-48(50)60-62-54(44-26-14-10-20-38(44)34(3)4)52(56)42-24-12-16-28-46(42)58-62;1-50-34-22-26-36(27-23-34)52-48(54)40-15-7-9-17-42(40)56-60(52)58-44-29-21-33-11-3-5-13-38(33)46(44)45-37-12-4-2-10-32(37)20-28-43(45)57-59-51(35-24-18-31(30-49)19-25-35)47(53)39-14-6-8-16-41(39)55-59/h5-34H,1-4H3;2-29H. The lowest BCUT2D eigenvalue weighted by Crippen LogP contribution is -2.34. The molecule has 4 aliphatic rings. The zero-order valence-electron chi connectivity index (χ0n) is 65.9. The van der Waals surface area contributed by atoms with Crippen LogP contribution >= 0.6 is 34.1 Å². The lowest BCUT2D eigenvalue weighted by molar-refractivity contribution is 0.0986.